The molecule has 2 N–H and O–H groups in total. The lowest BCUT2D eigenvalue weighted by molar-refractivity contribution is 0.0934. The van der Waals surface area contributed by atoms with Crippen LogP contribution in [0.4, 0.5) is 21.9 Å². The number of aryl methyl sites for hydroxylation is 1. The van der Waals surface area contributed by atoms with Crippen LogP contribution in [0, 0.1) is 6.92 Å². The number of ether oxygens (including phenoxy) is 1. The van der Waals surface area contributed by atoms with E-state index in [0.717, 1.165) is 54.7 Å². The number of hydrogen-bond acceptors (Lipinski definition) is 6. The Hall–Kier alpha value is -3.95. The molecule has 4 heterocycles. The van der Waals surface area contributed by atoms with Gasteiger partial charge >= 0.3 is 6.03 Å². The average Bonchev–Trinajstić information content (AvgIpc) is 3.15. The summed E-state index contributed by atoms with van der Waals surface area (Å²) in [5.41, 5.74) is 2.86. The molecular formula is C29H29N5O3S. The van der Waals surface area contributed by atoms with Gasteiger partial charge in [0, 0.05) is 18.8 Å². The number of likely N-dealkylation sites (tertiary alicyclic amines) is 1. The summed E-state index contributed by atoms with van der Waals surface area (Å²) in [6.07, 6.45) is 4.85. The molecule has 1 fully saturated rings. The molecule has 8 nitrogen and oxygen atoms in total. The van der Waals surface area contributed by atoms with E-state index in [9.17, 15) is 9.59 Å². The van der Waals surface area contributed by atoms with Crippen molar-refractivity contribution in [1.82, 2.24) is 15.2 Å². The molecule has 0 spiro atoms. The first kappa shape index (κ1) is 24.4. The fourth-order valence-corrected chi connectivity index (χ4v) is 6.27. The quantitative estimate of drug-likeness (QED) is 0.318. The number of nitrogens with one attached hydrogen (secondary N) is 2. The highest BCUT2D eigenvalue weighted by Crippen LogP contribution is 2.46. The van der Waals surface area contributed by atoms with Crippen LogP contribution < -0.4 is 20.3 Å². The molecule has 2 aliphatic heterocycles. The van der Waals surface area contributed by atoms with Crippen molar-refractivity contribution in [1.29, 1.82) is 0 Å². The number of urea groups is 1. The molecule has 4 aromatic rings. The number of carbonyl (C=O) groups is 2. The standard InChI is InChI=1S/C29H29N5O3S/c1-18-16-21(37-20-9-4-3-5-10-20)11-12-22(18)34-23-13-14-30-28-24(23)25(32-29(34)36)26(38-28)27(35)31-19-8-6-7-15-33(2)17-19/h3-5,9-14,16,19H,6-8,15,17H2,1-2H3,(H,31,35)(H,32,36). The summed E-state index contributed by atoms with van der Waals surface area (Å²) in [7, 11) is 2.08. The molecule has 194 valence electrons. The summed E-state index contributed by atoms with van der Waals surface area (Å²) in [6.45, 7) is 3.81. The van der Waals surface area contributed by atoms with Crippen molar-refractivity contribution in [3.8, 4) is 11.5 Å². The Morgan fingerprint density at radius 1 is 1.11 bits per heavy atom. The molecule has 9 heteroatoms. The zero-order chi connectivity index (χ0) is 26.2. The van der Waals surface area contributed by atoms with Crippen LogP contribution in [0.15, 0.2) is 60.8 Å². The topological polar surface area (TPSA) is 86.8 Å². The lowest BCUT2D eigenvalue weighted by Crippen LogP contribution is -2.41. The van der Waals surface area contributed by atoms with Crippen LogP contribution in [0.3, 0.4) is 0 Å². The minimum Gasteiger partial charge on any atom is -0.457 e. The Balaban J connectivity index is 1.32. The Morgan fingerprint density at radius 2 is 1.95 bits per heavy atom. The first-order valence-electron chi connectivity index (χ1n) is 12.8. The molecule has 38 heavy (non-hydrogen) atoms. The Morgan fingerprint density at radius 3 is 2.76 bits per heavy atom. The second-order valence-electron chi connectivity index (χ2n) is 9.87. The highest BCUT2D eigenvalue weighted by Gasteiger charge is 2.34. The molecule has 0 bridgehead atoms. The van der Waals surface area contributed by atoms with E-state index in [2.05, 4.69) is 27.6 Å². The van der Waals surface area contributed by atoms with Crippen molar-refractivity contribution in [2.24, 2.45) is 0 Å². The van der Waals surface area contributed by atoms with E-state index in [1.165, 1.54) is 11.3 Å². The predicted molar refractivity (Wildman–Crippen MR) is 151 cm³/mol. The Kier molecular flexibility index (Phi) is 6.47. The second kappa shape index (κ2) is 10.1. The van der Waals surface area contributed by atoms with Gasteiger partial charge in [-0.1, -0.05) is 24.6 Å². The molecular weight excluding hydrogens is 498 g/mol. The number of carbonyl (C=O) groups excluding carboxylic acids is 2. The van der Waals surface area contributed by atoms with Crippen LogP contribution in [0.2, 0.25) is 0 Å². The summed E-state index contributed by atoms with van der Waals surface area (Å²) in [6, 6.07) is 16.8. The Labute approximate surface area is 225 Å². The maximum Gasteiger partial charge on any atom is 0.331 e. The highest BCUT2D eigenvalue weighted by molar-refractivity contribution is 7.21. The van der Waals surface area contributed by atoms with E-state index in [0.29, 0.717) is 26.8 Å². The summed E-state index contributed by atoms with van der Waals surface area (Å²) in [5.74, 6) is 1.27. The smallest absolute Gasteiger partial charge is 0.331 e. The molecule has 6 rings (SSSR count). The van der Waals surface area contributed by atoms with Crippen molar-refractivity contribution in [2.45, 2.75) is 32.2 Å². The molecule has 3 amide bonds. The fourth-order valence-electron chi connectivity index (χ4n) is 5.25. The van der Waals surface area contributed by atoms with Crippen molar-refractivity contribution in [3.63, 3.8) is 0 Å². The normalized spacial score (nSPS) is 17.7. The first-order chi connectivity index (χ1) is 18.5. The van der Waals surface area contributed by atoms with Crippen LogP contribution in [-0.4, -0.2) is 48.0 Å². The van der Waals surface area contributed by atoms with Gasteiger partial charge in [0.05, 0.1) is 22.4 Å². The minimum absolute atomic E-state index is 0.0786. The third kappa shape index (κ3) is 4.59. The number of likely N-dealkylation sites (N-methyl/N-ethyl adjacent to an activating group) is 1. The largest absolute Gasteiger partial charge is 0.457 e. The van der Waals surface area contributed by atoms with Gasteiger partial charge in [0.1, 0.15) is 21.2 Å². The fraction of sp³-hybridized carbons (Fsp3) is 0.276. The molecule has 0 radical (unpaired) electrons. The minimum atomic E-state index is -0.313. The SMILES string of the molecule is Cc1cc(Oc2ccccc2)ccc1N1C(=O)Nc2c(C(=O)NC3CCCCN(C)C3)sc3nccc1c23. The zero-order valence-corrected chi connectivity index (χ0v) is 22.2. The monoisotopic (exact) mass is 527 g/mol. The van der Waals surface area contributed by atoms with E-state index in [1.807, 2.05) is 61.5 Å². The molecule has 2 aromatic carbocycles. The molecule has 2 aromatic heterocycles. The maximum absolute atomic E-state index is 13.5. The van der Waals surface area contributed by atoms with Crippen molar-refractivity contribution in [3.05, 3.63) is 71.2 Å². The number of para-hydroxylation sites is 1. The molecule has 1 atom stereocenters. The summed E-state index contributed by atoms with van der Waals surface area (Å²) < 4.78 is 5.97. The van der Waals surface area contributed by atoms with Crippen molar-refractivity contribution in [2.75, 3.05) is 30.4 Å². The van der Waals surface area contributed by atoms with Gasteiger partial charge in [0.25, 0.3) is 5.91 Å². The van der Waals surface area contributed by atoms with Crippen LogP contribution in [0.5, 0.6) is 11.5 Å². The third-order valence-electron chi connectivity index (χ3n) is 7.05. The number of rotatable bonds is 5. The zero-order valence-electron chi connectivity index (χ0n) is 21.4. The van der Waals surface area contributed by atoms with Crippen LogP contribution in [0.25, 0.3) is 10.2 Å². The van der Waals surface area contributed by atoms with E-state index < -0.39 is 0 Å². The molecule has 0 saturated carbocycles. The third-order valence-corrected chi connectivity index (χ3v) is 8.15. The predicted octanol–water partition coefficient (Wildman–Crippen LogP) is 6.29. The van der Waals surface area contributed by atoms with Gasteiger partial charge in [-0.05, 0) is 75.3 Å². The summed E-state index contributed by atoms with van der Waals surface area (Å²) in [5, 5.41) is 6.98. The van der Waals surface area contributed by atoms with E-state index in [4.69, 9.17) is 4.74 Å². The first-order valence-corrected chi connectivity index (χ1v) is 13.6. The van der Waals surface area contributed by atoms with Gasteiger partial charge in [-0.15, -0.1) is 11.3 Å². The van der Waals surface area contributed by atoms with Gasteiger partial charge in [-0.25, -0.2) is 9.78 Å². The number of amides is 3. The summed E-state index contributed by atoms with van der Waals surface area (Å²) in [4.78, 5) is 36.5. The molecule has 0 aliphatic carbocycles. The van der Waals surface area contributed by atoms with Gasteiger partial charge in [-0.3, -0.25) is 9.69 Å². The number of hydrogen-bond donors (Lipinski definition) is 2. The number of aromatic nitrogens is 1. The van der Waals surface area contributed by atoms with Gasteiger partial charge in [-0.2, -0.15) is 0 Å². The van der Waals surface area contributed by atoms with E-state index in [-0.39, 0.29) is 18.0 Å². The average molecular weight is 528 g/mol. The van der Waals surface area contributed by atoms with Crippen LogP contribution >= 0.6 is 11.3 Å². The highest BCUT2D eigenvalue weighted by atomic mass is 32.1. The van der Waals surface area contributed by atoms with Gasteiger partial charge in [0.15, 0.2) is 0 Å². The number of nitrogens with zero attached hydrogens (tertiary/aromatic N) is 3. The number of benzene rings is 2. The molecule has 2 aliphatic rings. The van der Waals surface area contributed by atoms with Crippen LogP contribution in [0.1, 0.15) is 34.5 Å². The lowest BCUT2D eigenvalue weighted by Gasteiger charge is -2.29. The molecule has 1 unspecified atom stereocenters. The second-order valence-corrected chi connectivity index (χ2v) is 10.9. The number of thiophene rings is 1. The summed E-state index contributed by atoms with van der Waals surface area (Å²) >= 11 is 1.31. The lowest BCUT2D eigenvalue weighted by atomic mass is 10.1. The number of anilines is 3. The van der Waals surface area contributed by atoms with Crippen molar-refractivity contribution < 1.29 is 14.3 Å². The van der Waals surface area contributed by atoms with Gasteiger partial charge < -0.3 is 20.3 Å². The van der Waals surface area contributed by atoms with Crippen LogP contribution in [-0.2, 0) is 0 Å². The van der Waals surface area contributed by atoms with E-state index >= 15 is 0 Å². The van der Waals surface area contributed by atoms with Crippen molar-refractivity contribution >= 4 is 50.6 Å². The molecule has 1 saturated heterocycles. The Bertz CT molecular complexity index is 1520. The van der Waals surface area contributed by atoms with E-state index in [1.54, 1.807) is 11.1 Å². The number of pyridine rings is 1. The van der Waals surface area contributed by atoms with Gasteiger partial charge in [0.2, 0.25) is 0 Å². The maximum atomic E-state index is 13.5.